The first-order chi connectivity index (χ1) is 7.54. The second-order valence-electron chi connectivity index (χ2n) is 3.12. The number of aromatic amines is 1. The molecule has 2 aromatic rings. The van der Waals surface area contributed by atoms with Crippen LogP contribution in [0.1, 0.15) is 10.5 Å². The number of nitrogens with one attached hydrogen (secondary N) is 1. The zero-order chi connectivity index (χ0) is 11.9. The second kappa shape index (κ2) is 4.07. The largest absolute Gasteiger partial charge is 0.464 e. The van der Waals surface area contributed by atoms with Gasteiger partial charge in [-0.25, -0.2) is 9.18 Å². The van der Waals surface area contributed by atoms with Crippen LogP contribution in [0.2, 0.25) is 5.02 Å². The van der Waals surface area contributed by atoms with Crippen molar-refractivity contribution in [2.45, 2.75) is 0 Å². The highest BCUT2D eigenvalue weighted by Gasteiger charge is 2.17. The lowest BCUT2D eigenvalue weighted by Gasteiger charge is -1.95. The molecular weight excluding hydrogens is 300 g/mol. The highest BCUT2D eigenvalue weighted by molar-refractivity contribution is 9.10. The number of hydrogen-bond acceptors (Lipinski definition) is 2. The van der Waals surface area contributed by atoms with Crippen LogP contribution < -0.4 is 0 Å². The summed E-state index contributed by atoms with van der Waals surface area (Å²) in [4.78, 5) is 14.2. The summed E-state index contributed by atoms with van der Waals surface area (Å²) < 4.78 is 18.3. The number of halogens is 3. The van der Waals surface area contributed by atoms with E-state index in [4.69, 9.17) is 11.6 Å². The van der Waals surface area contributed by atoms with E-state index in [1.165, 1.54) is 19.2 Å². The van der Waals surface area contributed by atoms with E-state index in [1.54, 1.807) is 0 Å². The van der Waals surface area contributed by atoms with Gasteiger partial charge in [-0.3, -0.25) is 0 Å². The fourth-order valence-corrected chi connectivity index (χ4v) is 2.15. The monoisotopic (exact) mass is 305 g/mol. The number of benzene rings is 1. The van der Waals surface area contributed by atoms with Crippen LogP contribution in [-0.4, -0.2) is 18.1 Å². The molecule has 1 heterocycles. The SMILES string of the molecule is COC(=O)c1[nH]c2cc(Cl)c(F)cc2c1Br. The number of hydrogen-bond donors (Lipinski definition) is 1. The van der Waals surface area contributed by atoms with Gasteiger partial charge >= 0.3 is 5.97 Å². The fraction of sp³-hybridized carbons (Fsp3) is 0.100. The van der Waals surface area contributed by atoms with Gasteiger partial charge < -0.3 is 9.72 Å². The van der Waals surface area contributed by atoms with Gasteiger partial charge in [0.15, 0.2) is 0 Å². The minimum atomic E-state index is -0.537. The number of ether oxygens (including phenoxy) is 1. The van der Waals surface area contributed by atoms with E-state index in [9.17, 15) is 9.18 Å². The number of aromatic nitrogens is 1. The Morgan fingerprint density at radius 1 is 1.56 bits per heavy atom. The van der Waals surface area contributed by atoms with Crippen LogP contribution >= 0.6 is 27.5 Å². The van der Waals surface area contributed by atoms with Gasteiger partial charge in [-0.15, -0.1) is 0 Å². The van der Waals surface area contributed by atoms with Crippen molar-refractivity contribution >= 4 is 44.4 Å². The summed E-state index contributed by atoms with van der Waals surface area (Å²) >= 11 is 8.85. The second-order valence-corrected chi connectivity index (χ2v) is 4.32. The molecule has 1 aromatic carbocycles. The quantitative estimate of drug-likeness (QED) is 0.819. The first-order valence-electron chi connectivity index (χ1n) is 4.29. The van der Waals surface area contributed by atoms with Gasteiger partial charge in [-0.1, -0.05) is 11.6 Å². The van der Waals surface area contributed by atoms with Gasteiger partial charge in [0.05, 0.1) is 16.6 Å². The molecule has 0 aliphatic rings. The van der Waals surface area contributed by atoms with Crippen LogP contribution in [-0.2, 0) is 4.74 Å². The van der Waals surface area contributed by atoms with Crippen molar-refractivity contribution in [3.05, 3.63) is 33.1 Å². The average Bonchev–Trinajstić information content (AvgIpc) is 2.56. The van der Waals surface area contributed by atoms with Crippen LogP contribution in [0.15, 0.2) is 16.6 Å². The van der Waals surface area contributed by atoms with Gasteiger partial charge in [0.1, 0.15) is 11.5 Å². The van der Waals surface area contributed by atoms with Crippen LogP contribution in [0.5, 0.6) is 0 Å². The molecule has 0 saturated carbocycles. The number of carbonyl (C=O) groups excluding carboxylic acids is 1. The highest BCUT2D eigenvalue weighted by Crippen LogP contribution is 2.31. The van der Waals surface area contributed by atoms with Crippen molar-refractivity contribution in [2.24, 2.45) is 0 Å². The van der Waals surface area contributed by atoms with Crippen molar-refractivity contribution in [1.29, 1.82) is 0 Å². The number of fused-ring (bicyclic) bond motifs is 1. The molecule has 0 spiro atoms. The average molecular weight is 307 g/mol. The summed E-state index contributed by atoms with van der Waals surface area (Å²) in [5, 5.41) is 0.542. The molecule has 0 bridgehead atoms. The van der Waals surface area contributed by atoms with Crippen molar-refractivity contribution < 1.29 is 13.9 Å². The maximum atomic E-state index is 13.2. The summed E-state index contributed by atoms with van der Waals surface area (Å²) in [5.74, 6) is -1.06. The third-order valence-corrected chi connectivity index (χ3v) is 3.28. The Labute approximate surface area is 104 Å². The van der Waals surface area contributed by atoms with Crippen molar-refractivity contribution in [3.63, 3.8) is 0 Å². The third kappa shape index (κ3) is 1.70. The minimum absolute atomic E-state index is 0.00216. The summed E-state index contributed by atoms with van der Waals surface area (Å²) in [6.07, 6.45) is 0. The van der Waals surface area contributed by atoms with E-state index in [0.717, 1.165) is 0 Å². The van der Waals surface area contributed by atoms with E-state index in [-0.39, 0.29) is 10.7 Å². The number of carbonyl (C=O) groups is 1. The van der Waals surface area contributed by atoms with Crippen LogP contribution in [0.4, 0.5) is 4.39 Å². The number of H-pyrrole nitrogens is 1. The van der Waals surface area contributed by atoms with Gasteiger partial charge in [0.25, 0.3) is 0 Å². The Balaban J connectivity index is 2.73. The lowest BCUT2D eigenvalue weighted by Crippen LogP contribution is -2.01. The molecule has 6 heteroatoms. The molecule has 0 radical (unpaired) electrons. The molecule has 0 amide bonds. The molecular formula is C10H6BrClFNO2. The van der Waals surface area contributed by atoms with E-state index in [2.05, 4.69) is 25.7 Å². The molecule has 84 valence electrons. The standard InChI is InChI=1S/C10H6BrClFNO2/c1-16-10(15)9-8(11)4-2-6(13)5(12)3-7(4)14-9/h2-3,14H,1H3. The van der Waals surface area contributed by atoms with Gasteiger partial charge in [-0.2, -0.15) is 0 Å². The third-order valence-electron chi connectivity index (χ3n) is 2.17. The first-order valence-corrected chi connectivity index (χ1v) is 5.46. The topological polar surface area (TPSA) is 42.1 Å². The molecule has 1 N–H and O–H groups in total. The molecule has 0 saturated heterocycles. The predicted molar refractivity (Wildman–Crippen MR) is 62.3 cm³/mol. The predicted octanol–water partition coefficient (Wildman–Crippen LogP) is 3.51. The van der Waals surface area contributed by atoms with Crippen molar-refractivity contribution in [2.75, 3.05) is 7.11 Å². The van der Waals surface area contributed by atoms with E-state index in [0.29, 0.717) is 15.4 Å². The molecule has 0 aliphatic heterocycles. The fourth-order valence-electron chi connectivity index (χ4n) is 1.40. The molecule has 16 heavy (non-hydrogen) atoms. The number of rotatable bonds is 1. The number of methoxy groups -OCH3 is 1. The molecule has 2 rings (SSSR count). The van der Waals surface area contributed by atoms with Crippen molar-refractivity contribution in [3.8, 4) is 0 Å². The normalized spacial score (nSPS) is 10.8. The van der Waals surface area contributed by atoms with Crippen LogP contribution in [0.25, 0.3) is 10.9 Å². The van der Waals surface area contributed by atoms with E-state index < -0.39 is 11.8 Å². The van der Waals surface area contributed by atoms with Gasteiger partial charge in [0.2, 0.25) is 0 Å². The molecule has 1 aromatic heterocycles. The number of esters is 1. The summed E-state index contributed by atoms with van der Waals surface area (Å²) in [6.45, 7) is 0. The van der Waals surface area contributed by atoms with E-state index >= 15 is 0 Å². The zero-order valence-electron chi connectivity index (χ0n) is 8.11. The molecule has 3 nitrogen and oxygen atoms in total. The lowest BCUT2D eigenvalue weighted by molar-refractivity contribution is 0.0594. The maximum absolute atomic E-state index is 13.2. The first kappa shape index (κ1) is 11.4. The Morgan fingerprint density at radius 2 is 2.25 bits per heavy atom. The Hall–Kier alpha value is -1.07. The molecule has 0 aliphatic carbocycles. The Kier molecular flexibility index (Phi) is 2.90. The smallest absolute Gasteiger partial charge is 0.355 e. The van der Waals surface area contributed by atoms with Crippen LogP contribution in [0, 0.1) is 5.82 Å². The van der Waals surface area contributed by atoms with Crippen molar-refractivity contribution in [1.82, 2.24) is 4.98 Å². The lowest BCUT2D eigenvalue weighted by atomic mass is 10.2. The Morgan fingerprint density at radius 3 is 2.88 bits per heavy atom. The summed E-state index contributed by atoms with van der Waals surface area (Å²) in [6, 6.07) is 2.67. The minimum Gasteiger partial charge on any atom is -0.464 e. The molecule has 0 atom stereocenters. The van der Waals surface area contributed by atoms with Crippen LogP contribution in [0.3, 0.4) is 0 Å². The van der Waals surface area contributed by atoms with E-state index in [1.807, 2.05) is 0 Å². The molecule has 0 fully saturated rings. The van der Waals surface area contributed by atoms with Gasteiger partial charge in [-0.05, 0) is 28.1 Å². The summed E-state index contributed by atoms with van der Waals surface area (Å²) in [5.41, 5.74) is 0.804. The molecule has 0 unspecified atom stereocenters. The zero-order valence-corrected chi connectivity index (χ0v) is 10.4. The maximum Gasteiger partial charge on any atom is 0.355 e. The summed E-state index contributed by atoms with van der Waals surface area (Å²) in [7, 11) is 1.27. The van der Waals surface area contributed by atoms with Gasteiger partial charge in [0, 0.05) is 10.9 Å². The Bertz CT molecular complexity index is 582. The highest BCUT2D eigenvalue weighted by atomic mass is 79.9.